The maximum atomic E-state index is 8.65. The smallest absolute Gasteiger partial charge is 0.0647 e. The topological polar surface area (TPSA) is 20.2 Å². The van der Waals surface area contributed by atoms with Crippen LogP contribution in [0, 0.1) is 5.41 Å². The second kappa shape index (κ2) is 2.83. The fourth-order valence-electron chi connectivity index (χ4n) is 0.348. The van der Waals surface area contributed by atoms with E-state index in [9.17, 15) is 0 Å². The van der Waals surface area contributed by atoms with E-state index < -0.39 is 0 Å². The Morgan fingerprint density at radius 3 is 2.22 bits per heavy atom. The van der Waals surface area contributed by atoms with Crippen molar-refractivity contribution < 1.29 is 5.11 Å². The number of allylic oxidation sites excluding steroid dienone is 1. The summed E-state index contributed by atoms with van der Waals surface area (Å²) in [6.07, 6.45) is 1.78. The summed E-state index contributed by atoms with van der Waals surface area (Å²) in [6.45, 7) is 11.3. The van der Waals surface area contributed by atoms with Gasteiger partial charge in [-0.05, 0) is 5.57 Å². The van der Waals surface area contributed by atoms with E-state index in [4.69, 9.17) is 5.11 Å². The van der Waals surface area contributed by atoms with Gasteiger partial charge in [0.15, 0.2) is 0 Å². The van der Waals surface area contributed by atoms with E-state index in [-0.39, 0.29) is 12.0 Å². The van der Waals surface area contributed by atoms with Gasteiger partial charge in [0.1, 0.15) is 0 Å². The maximum absolute atomic E-state index is 8.65. The molecule has 1 nitrogen and oxygen atoms in total. The average molecular weight is 126 g/mol. The molecular weight excluding hydrogens is 112 g/mol. The van der Waals surface area contributed by atoms with E-state index in [1.54, 1.807) is 6.08 Å². The zero-order chi connectivity index (χ0) is 7.49. The Labute approximate surface area is 56.7 Å². The molecule has 0 unspecified atom stereocenters. The summed E-state index contributed by atoms with van der Waals surface area (Å²) in [5, 5.41) is 8.65. The van der Waals surface area contributed by atoms with E-state index in [1.807, 2.05) is 13.8 Å². The highest BCUT2D eigenvalue weighted by molar-refractivity contribution is 5.14. The molecule has 0 spiro atoms. The van der Waals surface area contributed by atoms with Gasteiger partial charge in [-0.3, -0.25) is 0 Å². The van der Waals surface area contributed by atoms with Gasteiger partial charge in [0.2, 0.25) is 0 Å². The molecule has 52 valence electrons. The van der Waals surface area contributed by atoms with Crippen molar-refractivity contribution in [2.24, 2.45) is 5.41 Å². The minimum absolute atomic E-state index is 0.0407. The van der Waals surface area contributed by atoms with Crippen LogP contribution in [0.5, 0.6) is 0 Å². The van der Waals surface area contributed by atoms with E-state index in [1.165, 1.54) is 0 Å². The van der Waals surface area contributed by atoms with Crippen molar-refractivity contribution in [3.05, 3.63) is 24.8 Å². The van der Waals surface area contributed by atoms with Crippen molar-refractivity contribution in [1.29, 1.82) is 0 Å². The molecule has 0 aromatic heterocycles. The molecule has 1 heteroatoms. The fraction of sp³-hybridized carbons (Fsp3) is 0.500. The van der Waals surface area contributed by atoms with Gasteiger partial charge in [-0.15, -0.1) is 6.58 Å². The summed E-state index contributed by atoms with van der Waals surface area (Å²) in [4.78, 5) is 0. The van der Waals surface area contributed by atoms with Crippen LogP contribution in [-0.4, -0.2) is 11.7 Å². The molecule has 0 aromatic rings. The SMILES string of the molecule is C=CC(C)(C)C(=C)CO. The monoisotopic (exact) mass is 126 g/mol. The number of aliphatic hydroxyl groups is 1. The van der Waals surface area contributed by atoms with Gasteiger partial charge in [0, 0.05) is 5.41 Å². The van der Waals surface area contributed by atoms with Crippen LogP contribution in [0.1, 0.15) is 13.8 Å². The standard InChI is InChI=1S/C8H14O/c1-5-8(3,4)7(2)6-9/h5,9H,1-2,6H2,3-4H3. The molecule has 0 amide bonds. The lowest BCUT2D eigenvalue weighted by Crippen LogP contribution is -2.12. The highest BCUT2D eigenvalue weighted by Crippen LogP contribution is 2.24. The minimum Gasteiger partial charge on any atom is -0.392 e. The molecule has 0 rings (SSSR count). The van der Waals surface area contributed by atoms with Crippen LogP contribution in [-0.2, 0) is 0 Å². The summed E-state index contributed by atoms with van der Waals surface area (Å²) < 4.78 is 0. The van der Waals surface area contributed by atoms with Crippen LogP contribution >= 0.6 is 0 Å². The van der Waals surface area contributed by atoms with Crippen molar-refractivity contribution in [2.45, 2.75) is 13.8 Å². The first-order valence-corrected chi connectivity index (χ1v) is 2.97. The summed E-state index contributed by atoms with van der Waals surface area (Å²) in [5.74, 6) is 0. The van der Waals surface area contributed by atoms with Crippen molar-refractivity contribution in [3.63, 3.8) is 0 Å². The number of aliphatic hydroxyl groups excluding tert-OH is 1. The van der Waals surface area contributed by atoms with Gasteiger partial charge in [0.05, 0.1) is 6.61 Å². The van der Waals surface area contributed by atoms with Crippen LogP contribution in [0.25, 0.3) is 0 Å². The Balaban J connectivity index is 4.14. The molecule has 0 aliphatic carbocycles. The fourth-order valence-corrected chi connectivity index (χ4v) is 0.348. The van der Waals surface area contributed by atoms with Gasteiger partial charge in [-0.1, -0.05) is 26.5 Å². The maximum Gasteiger partial charge on any atom is 0.0647 e. The molecule has 9 heavy (non-hydrogen) atoms. The minimum atomic E-state index is -0.130. The molecule has 0 heterocycles. The van der Waals surface area contributed by atoms with Gasteiger partial charge in [0.25, 0.3) is 0 Å². The van der Waals surface area contributed by atoms with Crippen LogP contribution in [0.4, 0.5) is 0 Å². The second-order valence-electron chi connectivity index (χ2n) is 2.69. The number of hydrogen-bond acceptors (Lipinski definition) is 1. The third-order valence-corrected chi connectivity index (χ3v) is 1.61. The quantitative estimate of drug-likeness (QED) is 0.571. The molecule has 0 aliphatic rings. The Hall–Kier alpha value is -0.560. The molecule has 0 atom stereocenters. The molecule has 0 radical (unpaired) electrons. The Morgan fingerprint density at radius 2 is 2.11 bits per heavy atom. The zero-order valence-corrected chi connectivity index (χ0v) is 6.15. The van der Waals surface area contributed by atoms with Crippen LogP contribution in [0.15, 0.2) is 24.8 Å². The first-order valence-electron chi connectivity index (χ1n) is 2.97. The van der Waals surface area contributed by atoms with Crippen molar-refractivity contribution >= 4 is 0 Å². The highest BCUT2D eigenvalue weighted by Gasteiger charge is 2.15. The molecule has 0 saturated carbocycles. The third-order valence-electron chi connectivity index (χ3n) is 1.61. The average Bonchev–Trinajstić information content (AvgIpc) is 1.86. The summed E-state index contributed by atoms with van der Waals surface area (Å²) in [7, 11) is 0. The third kappa shape index (κ3) is 2.02. The molecule has 0 fully saturated rings. The van der Waals surface area contributed by atoms with Gasteiger partial charge in [-0.2, -0.15) is 0 Å². The van der Waals surface area contributed by atoms with Gasteiger partial charge < -0.3 is 5.11 Å². The molecule has 0 aliphatic heterocycles. The molecule has 0 aromatic carbocycles. The number of hydrogen-bond donors (Lipinski definition) is 1. The molecule has 1 N–H and O–H groups in total. The summed E-state index contributed by atoms with van der Waals surface area (Å²) in [5.41, 5.74) is 0.673. The lowest BCUT2D eigenvalue weighted by Gasteiger charge is -2.20. The zero-order valence-electron chi connectivity index (χ0n) is 6.15. The Kier molecular flexibility index (Phi) is 2.65. The van der Waals surface area contributed by atoms with Crippen LogP contribution in [0.2, 0.25) is 0 Å². The normalized spacial score (nSPS) is 11.0. The van der Waals surface area contributed by atoms with Crippen LogP contribution < -0.4 is 0 Å². The predicted molar refractivity (Wildman–Crippen MR) is 40.2 cm³/mol. The second-order valence-corrected chi connectivity index (χ2v) is 2.69. The Bertz CT molecular complexity index is 123. The molecular formula is C8H14O. The van der Waals surface area contributed by atoms with E-state index in [0.717, 1.165) is 5.57 Å². The van der Waals surface area contributed by atoms with Crippen molar-refractivity contribution in [1.82, 2.24) is 0 Å². The first kappa shape index (κ1) is 8.44. The lowest BCUT2D eigenvalue weighted by molar-refractivity contribution is 0.306. The van der Waals surface area contributed by atoms with E-state index >= 15 is 0 Å². The largest absolute Gasteiger partial charge is 0.392 e. The van der Waals surface area contributed by atoms with Crippen molar-refractivity contribution in [2.75, 3.05) is 6.61 Å². The summed E-state index contributed by atoms with van der Waals surface area (Å²) in [6, 6.07) is 0. The highest BCUT2D eigenvalue weighted by atomic mass is 16.3. The summed E-state index contributed by atoms with van der Waals surface area (Å²) >= 11 is 0. The van der Waals surface area contributed by atoms with E-state index in [0.29, 0.717) is 0 Å². The number of rotatable bonds is 3. The molecule has 0 saturated heterocycles. The predicted octanol–water partition coefficient (Wildman–Crippen LogP) is 1.75. The lowest BCUT2D eigenvalue weighted by atomic mass is 9.86. The van der Waals surface area contributed by atoms with Gasteiger partial charge in [-0.25, -0.2) is 0 Å². The Morgan fingerprint density at radius 1 is 1.67 bits per heavy atom. The van der Waals surface area contributed by atoms with Crippen LogP contribution in [0.3, 0.4) is 0 Å². The first-order chi connectivity index (χ1) is 4.04. The molecule has 0 bridgehead atoms. The van der Waals surface area contributed by atoms with E-state index in [2.05, 4.69) is 13.2 Å². The van der Waals surface area contributed by atoms with Gasteiger partial charge >= 0.3 is 0 Å². The van der Waals surface area contributed by atoms with Crippen molar-refractivity contribution in [3.8, 4) is 0 Å².